The number of rotatable bonds is 3. The summed E-state index contributed by atoms with van der Waals surface area (Å²) in [5.74, 6) is 0. The van der Waals surface area contributed by atoms with Crippen LogP contribution in [0.1, 0.15) is 11.3 Å². The number of hydrogen-bond acceptors (Lipinski definition) is 5. The Morgan fingerprint density at radius 2 is 1.73 bits per heavy atom. The van der Waals surface area contributed by atoms with Crippen LogP contribution in [0, 0.1) is 13.8 Å². The van der Waals surface area contributed by atoms with Crippen molar-refractivity contribution in [2.45, 2.75) is 18.7 Å². The van der Waals surface area contributed by atoms with Crippen molar-refractivity contribution in [1.82, 2.24) is 18.9 Å². The molecule has 0 bridgehead atoms. The number of aromatic nitrogens is 4. The third-order valence-corrected chi connectivity index (χ3v) is 5.81. The fourth-order valence-corrected chi connectivity index (χ4v) is 4.05. The second-order valence-electron chi connectivity index (χ2n) is 6.08. The summed E-state index contributed by atoms with van der Waals surface area (Å²) in [6.07, 6.45) is 4.78. The molecule has 6 nitrogen and oxygen atoms in total. The Kier molecular flexibility index (Phi) is 3.81. The molecule has 4 aromatic rings. The van der Waals surface area contributed by atoms with E-state index >= 15 is 0 Å². The van der Waals surface area contributed by atoms with Crippen molar-refractivity contribution in [2.24, 2.45) is 0 Å². The van der Waals surface area contributed by atoms with Crippen LogP contribution in [0.4, 0.5) is 0 Å². The van der Waals surface area contributed by atoms with Crippen molar-refractivity contribution < 1.29 is 8.42 Å². The van der Waals surface area contributed by atoms with Crippen LogP contribution in [-0.4, -0.2) is 27.3 Å². The Hall–Kier alpha value is -3.06. The van der Waals surface area contributed by atoms with Gasteiger partial charge in [-0.1, -0.05) is 17.7 Å². The molecule has 7 heteroatoms. The molecule has 0 aliphatic heterocycles. The van der Waals surface area contributed by atoms with E-state index in [2.05, 4.69) is 15.0 Å². The molecule has 0 spiro atoms. The fourth-order valence-electron chi connectivity index (χ4n) is 2.75. The predicted molar refractivity (Wildman–Crippen MR) is 99.3 cm³/mol. The number of hydrogen-bond donors (Lipinski definition) is 0. The average molecular weight is 364 g/mol. The molecule has 0 N–H and O–H groups in total. The zero-order valence-electron chi connectivity index (χ0n) is 14.3. The van der Waals surface area contributed by atoms with Crippen molar-refractivity contribution in [3.05, 3.63) is 72.3 Å². The Balaban J connectivity index is 1.82. The Bertz CT molecular complexity index is 1210. The highest BCUT2D eigenvalue weighted by Gasteiger charge is 2.20. The van der Waals surface area contributed by atoms with Gasteiger partial charge in [-0.15, -0.1) is 0 Å². The highest BCUT2D eigenvalue weighted by atomic mass is 32.2. The van der Waals surface area contributed by atoms with Gasteiger partial charge < -0.3 is 0 Å². The molecule has 3 aromatic heterocycles. The molecule has 0 amide bonds. The minimum absolute atomic E-state index is 0.219. The predicted octanol–water partition coefficient (Wildman–Crippen LogP) is 3.35. The fraction of sp³-hybridized carbons (Fsp3) is 0.105. The Labute approximate surface area is 151 Å². The molecule has 26 heavy (non-hydrogen) atoms. The molecule has 3 heterocycles. The first kappa shape index (κ1) is 16.4. The van der Waals surface area contributed by atoms with E-state index in [1.165, 1.54) is 10.2 Å². The van der Waals surface area contributed by atoms with Crippen molar-refractivity contribution in [3.8, 4) is 11.3 Å². The van der Waals surface area contributed by atoms with Gasteiger partial charge in [0.05, 0.1) is 16.8 Å². The summed E-state index contributed by atoms with van der Waals surface area (Å²) >= 11 is 0. The highest BCUT2D eigenvalue weighted by Crippen LogP contribution is 2.23. The van der Waals surface area contributed by atoms with E-state index in [0.29, 0.717) is 16.9 Å². The minimum atomic E-state index is -3.72. The molecule has 130 valence electrons. The number of aryl methyl sites for hydroxylation is 2. The molecule has 0 unspecified atom stereocenters. The zero-order chi connectivity index (χ0) is 18.3. The summed E-state index contributed by atoms with van der Waals surface area (Å²) in [7, 11) is -3.72. The topological polar surface area (TPSA) is 77.7 Å². The molecule has 0 fully saturated rings. The summed E-state index contributed by atoms with van der Waals surface area (Å²) in [5.41, 5.74) is 4.27. The molecule has 0 saturated carbocycles. The SMILES string of the molecule is Cc1ccc(S(=O)(=O)n2ccc3nc(-c4ccnc(C)c4)cnc32)cc1. The van der Waals surface area contributed by atoms with Crippen LogP contribution in [0.5, 0.6) is 0 Å². The lowest BCUT2D eigenvalue weighted by atomic mass is 10.2. The Morgan fingerprint density at radius 3 is 2.46 bits per heavy atom. The van der Waals surface area contributed by atoms with Gasteiger partial charge in [0, 0.05) is 23.7 Å². The van der Waals surface area contributed by atoms with Gasteiger partial charge in [-0.25, -0.2) is 22.4 Å². The maximum Gasteiger partial charge on any atom is 0.269 e. The quantitative estimate of drug-likeness (QED) is 0.557. The molecule has 0 saturated heterocycles. The molecule has 0 atom stereocenters. The molecular formula is C19H16N4O2S. The van der Waals surface area contributed by atoms with Crippen molar-refractivity contribution in [3.63, 3.8) is 0 Å². The maximum absolute atomic E-state index is 12.9. The molecule has 4 rings (SSSR count). The monoisotopic (exact) mass is 364 g/mol. The first-order chi connectivity index (χ1) is 12.4. The average Bonchev–Trinajstić information content (AvgIpc) is 3.06. The van der Waals surface area contributed by atoms with Gasteiger partial charge in [-0.3, -0.25) is 4.98 Å². The van der Waals surface area contributed by atoms with E-state index in [0.717, 1.165) is 16.8 Å². The first-order valence-electron chi connectivity index (χ1n) is 8.04. The van der Waals surface area contributed by atoms with Crippen LogP contribution < -0.4 is 0 Å². The lowest BCUT2D eigenvalue weighted by molar-refractivity contribution is 0.588. The largest absolute Gasteiger partial charge is 0.269 e. The zero-order valence-corrected chi connectivity index (χ0v) is 15.1. The smallest absolute Gasteiger partial charge is 0.262 e. The van der Waals surface area contributed by atoms with E-state index in [1.54, 1.807) is 42.7 Å². The third-order valence-electron chi connectivity index (χ3n) is 4.13. The van der Waals surface area contributed by atoms with Crippen LogP contribution in [-0.2, 0) is 10.0 Å². The highest BCUT2D eigenvalue weighted by molar-refractivity contribution is 7.90. The van der Waals surface area contributed by atoms with Crippen LogP contribution in [0.2, 0.25) is 0 Å². The number of nitrogens with zero attached hydrogens (tertiary/aromatic N) is 4. The number of benzene rings is 1. The minimum Gasteiger partial charge on any atom is -0.262 e. The van der Waals surface area contributed by atoms with Crippen molar-refractivity contribution in [2.75, 3.05) is 0 Å². The van der Waals surface area contributed by atoms with Gasteiger partial charge >= 0.3 is 0 Å². The summed E-state index contributed by atoms with van der Waals surface area (Å²) < 4.78 is 27.0. The lowest BCUT2D eigenvalue weighted by Gasteiger charge is -2.07. The normalized spacial score (nSPS) is 11.8. The second-order valence-corrected chi connectivity index (χ2v) is 7.89. The van der Waals surface area contributed by atoms with E-state index in [4.69, 9.17) is 0 Å². The molecule has 0 aliphatic rings. The van der Waals surface area contributed by atoms with Gasteiger partial charge in [0.25, 0.3) is 10.0 Å². The summed E-state index contributed by atoms with van der Waals surface area (Å²) in [6, 6.07) is 12.2. The first-order valence-corrected chi connectivity index (χ1v) is 9.48. The van der Waals surface area contributed by atoms with E-state index in [9.17, 15) is 8.42 Å². The van der Waals surface area contributed by atoms with Crippen molar-refractivity contribution in [1.29, 1.82) is 0 Å². The number of fused-ring (bicyclic) bond motifs is 1. The maximum atomic E-state index is 12.9. The summed E-state index contributed by atoms with van der Waals surface area (Å²) in [6.45, 7) is 3.81. The summed E-state index contributed by atoms with van der Waals surface area (Å²) in [4.78, 5) is 13.3. The molecule has 0 radical (unpaired) electrons. The van der Waals surface area contributed by atoms with Crippen LogP contribution in [0.15, 0.2) is 66.0 Å². The summed E-state index contributed by atoms with van der Waals surface area (Å²) in [5, 5.41) is 0. The van der Waals surface area contributed by atoms with Gasteiger partial charge in [0.2, 0.25) is 0 Å². The van der Waals surface area contributed by atoms with Crippen molar-refractivity contribution >= 4 is 21.2 Å². The Morgan fingerprint density at radius 1 is 0.962 bits per heavy atom. The molecular weight excluding hydrogens is 348 g/mol. The van der Waals surface area contributed by atoms with Gasteiger partial charge in [0.15, 0.2) is 5.65 Å². The van der Waals surface area contributed by atoms with Crippen LogP contribution >= 0.6 is 0 Å². The van der Waals surface area contributed by atoms with Crippen LogP contribution in [0.3, 0.4) is 0 Å². The molecule has 1 aromatic carbocycles. The van der Waals surface area contributed by atoms with E-state index in [1.807, 2.05) is 26.0 Å². The second kappa shape index (κ2) is 6.03. The van der Waals surface area contributed by atoms with Crippen LogP contribution in [0.25, 0.3) is 22.4 Å². The number of pyridine rings is 1. The lowest BCUT2D eigenvalue weighted by Crippen LogP contribution is -2.12. The van der Waals surface area contributed by atoms with Gasteiger partial charge in [0.1, 0.15) is 5.52 Å². The van der Waals surface area contributed by atoms with Gasteiger partial charge in [-0.2, -0.15) is 0 Å². The van der Waals surface area contributed by atoms with Gasteiger partial charge in [-0.05, 0) is 44.2 Å². The van der Waals surface area contributed by atoms with E-state index in [-0.39, 0.29) is 4.90 Å². The van der Waals surface area contributed by atoms with E-state index < -0.39 is 10.0 Å². The standard InChI is InChI=1S/C19H16N4O2S/c1-13-3-5-16(6-4-13)26(24,25)23-10-8-17-19(23)21-12-18(22-17)15-7-9-20-14(2)11-15/h3-12H,1-2H3. The molecule has 0 aliphatic carbocycles. The third kappa shape index (κ3) is 2.76.